The first-order valence-electron chi connectivity index (χ1n) is 5.16. The normalized spacial score (nSPS) is 13.8. The van der Waals surface area contributed by atoms with Gasteiger partial charge in [0.1, 0.15) is 0 Å². The molecule has 1 heterocycles. The molecule has 0 saturated heterocycles. The summed E-state index contributed by atoms with van der Waals surface area (Å²) in [6, 6.07) is 0. The van der Waals surface area contributed by atoms with Gasteiger partial charge in [-0.1, -0.05) is 0 Å². The molecule has 1 aromatic heterocycles. The molecule has 0 radical (unpaired) electrons. The Bertz CT molecular complexity index is 383. The third-order valence-electron chi connectivity index (χ3n) is 1.86. The number of rotatable bonds is 3. The maximum atomic E-state index is 5.14. The Hall–Kier alpha value is -0.511. The van der Waals surface area contributed by atoms with E-state index >= 15 is 0 Å². The molecule has 0 aliphatic heterocycles. The first-order chi connectivity index (χ1) is 6.87. The fourth-order valence-corrected chi connectivity index (χ4v) is 3.29. The summed E-state index contributed by atoms with van der Waals surface area (Å²) in [5, 5.41) is 0. The van der Waals surface area contributed by atoms with E-state index in [1.165, 1.54) is 5.57 Å². The molecule has 0 aromatic carbocycles. The molecule has 0 fully saturated rings. The fourth-order valence-electron chi connectivity index (χ4n) is 1.11. The van der Waals surface area contributed by atoms with Crippen molar-refractivity contribution in [3.8, 4) is 0 Å². The van der Waals surface area contributed by atoms with Crippen LogP contribution in [0.5, 0.6) is 0 Å². The third kappa shape index (κ3) is 5.21. The summed E-state index contributed by atoms with van der Waals surface area (Å²) in [5.74, 6) is 0.716. The van der Waals surface area contributed by atoms with Gasteiger partial charge in [0.25, 0.3) is 0 Å². The summed E-state index contributed by atoms with van der Waals surface area (Å²) in [6.07, 6.45) is 5.94. The van der Waals surface area contributed by atoms with Crippen LogP contribution < -0.4 is 0 Å². The minimum absolute atomic E-state index is 0.716. The van der Waals surface area contributed by atoms with Crippen molar-refractivity contribution in [1.82, 2.24) is 4.98 Å². The summed E-state index contributed by atoms with van der Waals surface area (Å²) >= 11 is -1.77. The van der Waals surface area contributed by atoms with E-state index in [1.54, 1.807) is 6.26 Å². The van der Waals surface area contributed by atoms with Crippen molar-refractivity contribution in [2.24, 2.45) is 0 Å². The van der Waals surface area contributed by atoms with Gasteiger partial charge in [-0.25, -0.2) is 0 Å². The van der Waals surface area contributed by atoms with Crippen LogP contribution in [-0.4, -0.2) is 23.4 Å². The van der Waals surface area contributed by atoms with E-state index in [1.807, 2.05) is 13.0 Å². The molecule has 3 heteroatoms. The molecule has 15 heavy (non-hydrogen) atoms. The van der Waals surface area contributed by atoms with Crippen LogP contribution in [0.2, 0.25) is 14.8 Å². The van der Waals surface area contributed by atoms with Crippen LogP contribution in [0.25, 0.3) is 6.08 Å². The van der Waals surface area contributed by atoms with Gasteiger partial charge in [-0.05, 0) is 0 Å². The van der Waals surface area contributed by atoms with Gasteiger partial charge in [-0.15, -0.1) is 0 Å². The van der Waals surface area contributed by atoms with E-state index in [2.05, 4.69) is 36.9 Å². The topological polar surface area (TPSA) is 26.0 Å². The molecule has 1 rings (SSSR count). The van der Waals surface area contributed by atoms with Crippen molar-refractivity contribution in [2.45, 2.75) is 28.7 Å². The summed E-state index contributed by atoms with van der Waals surface area (Å²) in [5.41, 5.74) is 2.13. The van der Waals surface area contributed by atoms with E-state index in [0.717, 1.165) is 5.69 Å². The Balaban J connectivity index is 2.73. The van der Waals surface area contributed by atoms with E-state index in [4.69, 9.17) is 4.42 Å². The average Bonchev–Trinajstić information content (AvgIpc) is 2.47. The van der Waals surface area contributed by atoms with Crippen molar-refractivity contribution in [3.63, 3.8) is 0 Å². The molecular weight excluding hydrogens is 293 g/mol. The van der Waals surface area contributed by atoms with Crippen molar-refractivity contribution >= 4 is 24.5 Å². The number of oxazole rings is 1. The van der Waals surface area contributed by atoms with E-state index in [9.17, 15) is 0 Å². The zero-order valence-electron chi connectivity index (χ0n) is 10.2. The van der Waals surface area contributed by atoms with Gasteiger partial charge in [0.2, 0.25) is 0 Å². The number of hydrogen-bond donors (Lipinski definition) is 0. The molecule has 0 aliphatic rings. The molecule has 0 unspecified atom stereocenters. The number of nitrogens with zero attached hydrogens (tertiary/aromatic N) is 1. The second-order valence-electron chi connectivity index (χ2n) is 4.88. The van der Waals surface area contributed by atoms with Crippen molar-refractivity contribution in [1.29, 1.82) is 0 Å². The molecule has 0 atom stereocenters. The van der Waals surface area contributed by atoms with Gasteiger partial charge in [0, 0.05) is 0 Å². The van der Waals surface area contributed by atoms with Crippen LogP contribution in [0.4, 0.5) is 0 Å². The average molecular weight is 312 g/mol. The number of aromatic nitrogens is 1. The molecule has 0 saturated carbocycles. The molecule has 0 N–H and O–H groups in total. The minimum atomic E-state index is -1.77. The van der Waals surface area contributed by atoms with Gasteiger partial charge in [-0.3, -0.25) is 0 Å². The standard InChI is InChI=1S/C9H10NO.3CH3.Sn/c1-4-7(2)5-9-6-11-8(3)10-9;;;;/h1,4-6H,2-3H3;3*1H3;/b4-1?,7-5+;;;;. The predicted molar refractivity (Wildman–Crippen MR) is 67.4 cm³/mol. The Morgan fingerprint density at radius 3 is 2.53 bits per heavy atom. The van der Waals surface area contributed by atoms with Crippen molar-refractivity contribution < 1.29 is 4.42 Å². The van der Waals surface area contributed by atoms with Crippen molar-refractivity contribution in [3.05, 3.63) is 33.6 Å². The van der Waals surface area contributed by atoms with Gasteiger partial charge in [-0.2, -0.15) is 0 Å². The molecular formula is C12H19NOSn. The summed E-state index contributed by atoms with van der Waals surface area (Å²) in [7, 11) is 0. The first kappa shape index (κ1) is 12.6. The molecule has 2 nitrogen and oxygen atoms in total. The van der Waals surface area contributed by atoms with Gasteiger partial charge < -0.3 is 0 Å². The second-order valence-corrected chi connectivity index (χ2v) is 19.3. The second kappa shape index (κ2) is 5.01. The molecule has 0 spiro atoms. The Morgan fingerprint density at radius 1 is 1.40 bits per heavy atom. The van der Waals surface area contributed by atoms with Crippen LogP contribution in [0.1, 0.15) is 18.5 Å². The number of aryl methyl sites for hydroxylation is 1. The molecule has 0 amide bonds. The van der Waals surface area contributed by atoms with E-state index < -0.39 is 18.4 Å². The summed E-state index contributed by atoms with van der Waals surface area (Å²) in [6.45, 7) is 3.95. The first-order valence-corrected chi connectivity index (χ1v) is 15.4. The third-order valence-corrected chi connectivity index (χ3v) is 5.19. The van der Waals surface area contributed by atoms with Gasteiger partial charge >= 0.3 is 96.1 Å². The molecule has 0 aliphatic carbocycles. The number of allylic oxidation sites excluding steroid dienone is 2. The fraction of sp³-hybridized carbons (Fsp3) is 0.417. The molecule has 82 valence electrons. The van der Waals surface area contributed by atoms with Crippen molar-refractivity contribution in [2.75, 3.05) is 0 Å². The van der Waals surface area contributed by atoms with Crippen LogP contribution in [0, 0.1) is 6.92 Å². The van der Waals surface area contributed by atoms with Gasteiger partial charge in [0.05, 0.1) is 0 Å². The van der Waals surface area contributed by atoms with Crippen LogP contribution in [0.3, 0.4) is 0 Å². The molecule has 1 aromatic rings. The zero-order valence-corrected chi connectivity index (χ0v) is 13.0. The Kier molecular flexibility index (Phi) is 4.20. The monoisotopic (exact) mass is 313 g/mol. The Labute approximate surface area is 96.0 Å². The van der Waals surface area contributed by atoms with Crippen LogP contribution in [-0.2, 0) is 0 Å². The predicted octanol–water partition coefficient (Wildman–Crippen LogP) is 3.82. The van der Waals surface area contributed by atoms with E-state index in [-0.39, 0.29) is 0 Å². The van der Waals surface area contributed by atoms with Crippen LogP contribution >= 0.6 is 0 Å². The SMILES string of the molecule is CC(/C=[CH]/[Sn]([CH3])([CH3])[CH3])=C\c1coc(C)n1. The van der Waals surface area contributed by atoms with Gasteiger partial charge in [0.15, 0.2) is 0 Å². The zero-order chi connectivity index (χ0) is 11.5. The summed E-state index contributed by atoms with van der Waals surface area (Å²) in [4.78, 5) is 11.4. The van der Waals surface area contributed by atoms with E-state index in [0.29, 0.717) is 5.89 Å². The Morgan fingerprint density at radius 2 is 2.07 bits per heavy atom. The summed E-state index contributed by atoms with van der Waals surface area (Å²) < 4.78 is 7.54. The maximum absolute atomic E-state index is 5.14. The quantitative estimate of drug-likeness (QED) is 0.626. The van der Waals surface area contributed by atoms with Crippen LogP contribution in [0.15, 0.2) is 26.4 Å². The number of hydrogen-bond acceptors (Lipinski definition) is 2. The molecule has 0 bridgehead atoms.